The van der Waals surface area contributed by atoms with Crippen LogP contribution in [-0.4, -0.2) is 39.1 Å². The molecular weight excluding hydrogens is 382 g/mol. The summed E-state index contributed by atoms with van der Waals surface area (Å²) in [6.07, 6.45) is 1.59. The van der Waals surface area contributed by atoms with Gasteiger partial charge in [0.15, 0.2) is 11.5 Å². The second kappa shape index (κ2) is 10.9. The van der Waals surface area contributed by atoms with Gasteiger partial charge in [0.05, 0.1) is 14.2 Å². The van der Waals surface area contributed by atoms with Crippen molar-refractivity contribution in [1.29, 1.82) is 0 Å². The molecule has 2 rings (SSSR count). The summed E-state index contributed by atoms with van der Waals surface area (Å²) in [4.78, 5) is 26.6. The van der Waals surface area contributed by atoms with Gasteiger partial charge in [0.25, 0.3) is 5.91 Å². The molecule has 0 aliphatic carbocycles. The van der Waals surface area contributed by atoms with E-state index in [1.54, 1.807) is 31.4 Å². The molecule has 160 valence electrons. The molecule has 30 heavy (non-hydrogen) atoms. The molecule has 2 N–H and O–H groups in total. The van der Waals surface area contributed by atoms with E-state index in [1.807, 2.05) is 24.3 Å². The van der Waals surface area contributed by atoms with Crippen LogP contribution in [0.2, 0.25) is 0 Å². The maximum atomic E-state index is 12.8. The third-order valence-corrected chi connectivity index (χ3v) is 4.53. The maximum Gasteiger partial charge on any atom is 0.272 e. The summed E-state index contributed by atoms with van der Waals surface area (Å²) >= 11 is 0. The van der Waals surface area contributed by atoms with Crippen LogP contribution in [0.25, 0.3) is 6.08 Å². The third-order valence-electron chi connectivity index (χ3n) is 4.53. The largest absolute Gasteiger partial charge is 0.493 e. The van der Waals surface area contributed by atoms with Gasteiger partial charge in [-0.05, 0) is 61.9 Å². The second-order valence-electron chi connectivity index (χ2n) is 6.53. The quantitative estimate of drug-likeness (QED) is 0.616. The molecule has 0 saturated carbocycles. The number of nitrogens with one attached hydrogen (secondary N) is 2. The monoisotopic (exact) mass is 411 g/mol. The van der Waals surface area contributed by atoms with Crippen LogP contribution in [0.1, 0.15) is 26.3 Å². The molecule has 0 fully saturated rings. The van der Waals surface area contributed by atoms with Crippen molar-refractivity contribution in [3.8, 4) is 11.5 Å². The van der Waals surface area contributed by atoms with E-state index in [4.69, 9.17) is 9.47 Å². The van der Waals surface area contributed by atoms with Crippen molar-refractivity contribution in [3.05, 3.63) is 53.7 Å². The van der Waals surface area contributed by atoms with Gasteiger partial charge in [0.1, 0.15) is 5.70 Å². The summed E-state index contributed by atoms with van der Waals surface area (Å²) in [6, 6.07) is 12.8. The van der Waals surface area contributed by atoms with Gasteiger partial charge < -0.3 is 25.0 Å². The van der Waals surface area contributed by atoms with E-state index in [9.17, 15) is 9.59 Å². The third kappa shape index (κ3) is 6.01. The van der Waals surface area contributed by atoms with Gasteiger partial charge in [0, 0.05) is 31.4 Å². The lowest BCUT2D eigenvalue weighted by Crippen LogP contribution is -2.29. The fraction of sp³-hybridized carbons (Fsp3) is 0.304. The molecule has 0 aromatic heterocycles. The smallest absolute Gasteiger partial charge is 0.272 e. The average molecular weight is 412 g/mol. The van der Waals surface area contributed by atoms with Crippen molar-refractivity contribution in [2.75, 3.05) is 37.5 Å². The zero-order valence-corrected chi connectivity index (χ0v) is 18.1. The van der Waals surface area contributed by atoms with E-state index in [2.05, 4.69) is 29.4 Å². The molecule has 0 heterocycles. The molecule has 0 atom stereocenters. The van der Waals surface area contributed by atoms with Gasteiger partial charge in [-0.2, -0.15) is 0 Å². The van der Waals surface area contributed by atoms with Crippen LogP contribution in [0.15, 0.2) is 48.2 Å². The van der Waals surface area contributed by atoms with Crippen molar-refractivity contribution in [3.63, 3.8) is 0 Å². The molecule has 7 nitrogen and oxygen atoms in total. The van der Waals surface area contributed by atoms with E-state index in [1.165, 1.54) is 14.0 Å². The minimum absolute atomic E-state index is 0.127. The second-order valence-corrected chi connectivity index (χ2v) is 6.53. The van der Waals surface area contributed by atoms with Gasteiger partial charge in [-0.1, -0.05) is 6.07 Å². The van der Waals surface area contributed by atoms with Crippen LogP contribution in [0, 0.1) is 0 Å². The van der Waals surface area contributed by atoms with Crippen molar-refractivity contribution >= 4 is 29.3 Å². The molecule has 0 aliphatic rings. The molecule has 2 aromatic rings. The zero-order valence-electron chi connectivity index (χ0n) is 18.1. The number of carbonyl (C=O) groups excluding carboxylic acids is 2. The highest BCUT2D eigenvalue weighted by molar-refractivity contribution is 6.08. The Morgan fingerprint density at radius 1 is 0.967 bits per heavy atom. The van der Waals surface area contributed by atoms with Gasteiger partial charge in [0.2, 0.25) is 5.91 Å². The Bertz CT molecular complexity index is 903. The molecule has 0 radical (unpaired) electrons. The SMILES string of the molecule is CCN(CC)c1ccc(NC(=O)C(=Cc2ccc(OC)c(OC)c2)NC(C)=O)cc1. The Labute approximate surface area is 177 Å². The maximum absolute atomic E-state index is 12.8. The van der Waals surface area contributed by atoms with Crippen molar-refractivity contribution in [1.82, 2.24) is 5.32 Å². The predicted molar refractivity (Wildman–Crippen MR) is 120 cm³/mol. The molecule has 0 bridgehead atoms. The van der Waals surface area contributed by atoms with Gasteiger partial charge >= 0.3 is 0 Å². The number of methoxy groups -OCH3 is 2. The standard InChI is InChI=1S/C23H29N3O4/c1-6-26(7-2)19-11-9-18(10-12-19)25-23(28)20(24-16(3)27)14-17-8-13-21(29-4)22(15-17)30-5/h8-15H,6-7H2,1-5H3,(H,24,27)(H,25,28). The van der Waals surface area contributed by atoms with E-state index in [-0.39, 0.29) is 11.6 Å². The highest BCUT2D eigenvalue weighted by Gasteiger charge is 2.13. The van der Waals surface area contributed by atoms with Crippen LogP contribution in [0.4, 0.5) is 11.4 Å². The van der Waals surface area contributed by atoms with Crippen LogP contribution in [0.5, 0.6) is 11.5 Å². The molecular formula is C23H29N3O4. The van der Waals surface area contributed by atoms with E-state index < -0.39 is 5.91 Å². The number of amides is 2. The lowest BCUT2D eigenvalue weighted by atomic mass is 10.1. The number of carbonyl (C=O) groups is 2. The topological polar surface area (TPSA) is 79.9 Å². The first-order valence-corrected chi connectivity index (χ1v) is 9.79. The summed E-state index contributed by atoms with van der Waals surface area (Å²) in [7, 11) is 3.09. The lowest BCUT2D eigenvalue weighted by Gasteiger charge is -2.21. The summed E-state index contributed by atoms with van der Waals surface area (Å²) in [5, 5.41) is 5.42. The van der Waals surface area contributed by atoms with Crippen molar-refractivity contribution in [2.45, 2.75) is 20.8 Å². The first kappa shape index (κ1) is 22.8. The van der Waals surface area contributed by atoms with Gasteiger partial charge in [-0.3, -0.25) is 9.59 Å². The summed E-state index contributed by atoms with van der Waals surface area (Å²) in [5.41, 5.74) is 2.53. The zero-order chi connectivity index (χ0) is 22.1. The fourth-order valence-electron chi connectivity index (χ4n) is 3.00. The van der Waals surface area contributed by atoms with Gasteiger partial charge in [-0.25, -0.2) is 0 Å². The van der Waals surface area contributed by atoms with E-state index in [0.717, 1.165) is 18.8 Å². The summed E-state index contributed by atoms with van der Waals surface area (Å²) in [6.45, 7) is 7.36. The summed E-state index contributed by atoms with van der Waals surface area (Å²) < 4.78 is 10.5. The Kier molecular flexibility index (Phi) is 8.29. The Hall–Kier alpha value is -3.48. The highest BCUT2D eigenvalue weighted by atomic mass is 16.5. The minimum atomic E-state index is -0.421. The van der Waals surface area contributed by atoms with Crippen LogP contribution in [0.3, 0.4) is 0 Å². The molecule has 0 aliphatic heterocycles. The Morgan fingerprint density at radius 3 is 2.13 bits per heavy atom. The number of anilines is 2. The molecule has 2 amide bonds. The number of hydrogen-bond acceptors (Lipinski definition) is 5. The Morgan fingerprint density at radius 2 is 1.60 bits per heavy atom. The first-order valence-electron chi connectivity index (χ1n) is 9.79. The molecule has 0 saturated heterocycles. The number of benzene rings is 2. The molecule has 7 heteroatoms. The normalized spacial score (nSPS) is 10.9. The molecule has 0 spiro atoms. The number of nitrogens with zero attached hydrogens (tertiary/aromatic N) is 1. The highest BCUT2D eigenvalue weighted by Crippen LogP contribution is 2.28. The van der Waals surface area contributed by atoms with E-state index >= 15 is 0 Å². The van der Waals surface area contributed by atoms with Gasteiger partial charge in [-0.15, -0.1) is 0 Å². The number of ether oxygens (including phenoxy) is 2. The number of hydrogen-bond donors (Lipinski definition) is 2. The van der Waals surface area contributed by atoms with Crippen LogP contribution >= 0.6 is 0 Å². The van der Waals surface area contributed by atoms with E-state index in [0.29, 0.717) is 22.7 Å². The minimum Gasteiger partial charge on any atom is -0.493 e. The first-order chi connectivity index (χ1) is 14.4. The van der Waals surface area contributed by atoms with Crippen LogP contribution in [-0.2, 0) is 9.59 Å². The predicted octanol–water partition coefficient (Wildman–Crippen LogP) is 3.67. The van der Waals surface area contributed by atoms with Crippen molar-refractivity contribution < 1.29 is 19.1 Å². The average Bonchev–Trinajstić information content (AvgIpc) is 2.74. The molecule has 2 aromatic carbocycles. The summed E-state index contributed by atoms with van der Waals surface area (Å²) in [5.74, 6) is 0.346. The van der Waals surface area contributed by atoms with Crippen LogP contribution < -0.4 is 25.0 Å². The Balaban J connectivity index is 2.25. The number of rotatable bonds is 9. The fourth-order valence-corrected chi connectivity index (χ4v) is 3.00. The lowest BCUT2D eigenvalue weighted by molar-refractivity contribution is -0.120. The van der Waals surface area contributed by atoms with Crippen molar-refractivity contribution in [2.24, 2.45) is 0 Å². The molecule has 0 unspecified atom stereocenters.